The molecular weight excluding hydrogens is 218 g/mol. The minimum atomic E-state index is -0.954. The number of hydrogen-bond acceptors (Lipinski definition) is 2. The first-order chi connectivity index (χ1) is 7.66. The molecule has 2 nitrogen and oxygen atoms in total. The third-order valence-corrected chi connectivity index (χ3v) is 3.14. The van der Waals surface area contributed by atoms with Crippen LogP contribution >= 0.6 is 0 Å². The fourth-order valence-corrected chi connectivity index (χ4v) is 2.24. The van der Waals surface area contributed by atoms with Gasteiger partial charge in [0.25, 0.3) is 0 Å². The molecule has 0 radical (unpaired) electrons. The average molecular weight is 231 g/mol. The lowest BCUT2D eigenvalue weighted by atomic mass is 10.0. The Morgan fingerprint density at radius 2 is 1.88 bits per heavy atom. The SMILES string of the molecule is CS(=O)CC(=N)c1ccc2ccccc2c1. The summed E-state index contributed by atoms with van der Waals surface area (Å²) in [4.78, 5) is 0. The normalized spacial score (nSPS) is 12.6. The molecule has 0 amide bonds. The molecular formula is C13H13NOS. The van der Waals surface area contributed by atoms with E-state index in [4.69, 9.17) is 5.41 Å². The highest BCUT2D eigenvalue weighted by molar-refractivity contribution is 7.85. The fourth-order valence-electron chi connectivity index (χ4n) is 1.66. The zero-order chi connectivity index (χ0) is 11.5. The van der Waals surface area contributed by atoms with Gasteiger partial charge in [0, 0.05) is 17.1 Å². The molecule has 0 fully saturated rings. The fraction of sp³-hybridized carbons (Fsp3) is 0.154. The van der Waals surface area contributed by atoms with Crippen molar-refractivity contribution >= 4 is 27.3 Å². The molecule has 0 aliphatic heterocycles. The molecule has 0 saturated carbocycles. The van der Waals surface area contributed by atoms with E-state index in [1.54, 1.807) is 6.26 Å². The molecule has 1 N–H and O–H groups in total. The van der Waals surface area contributed by atoms with Gasteiger partial charge in [-0.3, -0.25) is 4.21 Å². The number of benzene rings is 2. The van der Waals surface area contributed by atoms with Crippen molar-refractivity contribution in [2.24, 2.45) is 0 Å². The lowest BCUT2D eigenvalue weighted by Gasteiger charge is -2.04. The second-order valence-corrected chi connectivity index (χ2v) is 5.19. The van der Waals surface area contributed by atoms with Gasteiger partial charge >= 0.3 is 0 Å². The maximum Gasteiger partial charge on any atom is 0.0655 e. The predicted octanol–water partition coefficient (Wildman–Crippen LogP) is 2.59. The molecule has 2 aromatic carbocycles. The molecule has 3 heteroatoms. The van der Waals surface area contributed by atoms with Crippen molar-refractivity contribution in [3.8, 4) is 0 Å². The van der Waals surface area contributed by atoms with Gasteiger partial charge in [0.05, 0.1) is 11.5 Å². The standard InChI is InChI=1S/C13H13NOS/c1-16(15)9-13(14)12-7-6-10-4-2-3-5-11(10)8-12/h2-8,14H,9H2,1H3. The Bertz CT molecular complexity index is 563. The molecule has 2 aromatic rings. The van der Waals surface area contributed by atoms with Crippen molar-refractivity contribution in [2.45, 2.75) is 0 Å². The maximum absolute atomic E-state index is 11.1. The van der Waals surface area contributed by atoms with E-state index in [0.717, 1.165) is 16.3 Å². The Morgan fingerprint density at radius 1 is 1.19 bits per heavy atom. The molecule has 0 aliphatic rings. The Balaban J connectivity index is 2.39. The first kappa shape index (κ1) is 11.0. The predicted molar refractivity (Wildman–Crippen MR) is 69.7 cm³/mol. The first-order valence-electron chi connectivity index (χ1n) is 5.03. The van der Waals surface area contributed by atoms with Crippen LogP contribution in [0.15, 0.2) is 42.5 Å². The summed E-state index contributed by atoms with van der Waals surface area (Å²) in [6, 6.07) is 13.9. The number of rotatable bonds is 3. The number of nitrogens with one attached hydrogen (secondary N) is 1. The van der Waals surface area contributed by atoms with E-state index < -0.39 is 10.8 Å². The first-order valence-corrected chi connectivity index (χ1v) is 6.76. The molecule has 0 spiro atoms. The molecule has 1 unspecified atom stereocenters. The smallest absolute Gasteiger partial charge is 0.0655 e. The highest BCUT2D eigenvalue weighted by Crippen LogP contribution is 2.16. The summed E-state index contributed by atoms with van der Waals surface area (Å²) in [5, 5.41) is 10.1. The largest absolute Gasteiger partial charge is 0.304 e. The van der Waals surface area contributed by atoms with E-state index in [9.17, 15) is 4.21 Å². The zero-order valence-corrected chi connectivity index (χ0v) is 9.88. The van der Waals surface area contributed by atoms with Gasteiger partial charge in [-0.2, -0.15) is 0 Å². The highest BCUT2D eigenvalue weighted by atomic mass is 32.2. The van der Waals surface area contributed by atoms with Crippen LogP contribution in [0.1, 0.15) is 5.56 Å². The second kappa shape index (κ2) is 4.58. The van der Waals surface area contributed by atoms with Gasteiger partial charge in [-0.1, -0.05) is 36.4 Å². The van der Waals surface area contributed by atoms with Crippen LogP contribution in [-0.4, -0.2) is 21.9 Å². The molecule has 1 atom stereocenters. The molecule has 82 valence electrons. The van der Waals surface area contributed by atoms with E-state index in [1.165, 1.54) is 0 Å². The van der Waals surface area contributed by atoms with Gasteiger partial charge in [-0.25, -0.2) is 0 Å². The van der Waals surface area contributed by atoms with E-state index in [1.807, 2.05) is 42.5 Å². The third-order valence-electron chi connectivity index (χ3n) is 2.45. The molecule has 0 aliphatic carbocycles. The van der Waals surface area contributed by atoms with E-state index in [0.29, 0.717) is 11.5 Å². The Hall–Kier alpha value is -1.48. The highest BCUT2D eigenvalue weighted by Gasteiger charge is 2.04. The van der Waals surface area contributed by atoms with E-state index in [2.05, 4.69) is 0 Å². The lowest BCUT2D eigenvalue weighted by molar-refractivity contribution is 0.689. The van der Waals surface area contributed by atoms with E-state index in [-0.39, 0.29) is 0 Å². The monoisotopic (exact) mass is 231 g/mol. The van der Waals surface area contributed by atoms with Crippen LogP contribution in [0.4, 0.5) is 0 Å². The summed E-state index contributed by atoms with van der Waals surface area (Å²) in [6.07, 6.45) is 1.62. The van der Waals surface area contributed by atoms with Crippen LogP contribution in [0.5, 0.6) is 0 Å². The molecule has 2 rings (SSSR count). The van der Waals surface area contributed by atoms with Crippen molar-refractivity contribution in [1.29, 1.82) is 5.41 Å². The average Bonchev–Trinajstić information content (AvgIpc) is 2.27. The van der Waals surface area contributed by atoms with Crippen LogP contribution < -0.4 is 0 Å². The summed E-state index contributed by atoms with van der Waals surface area (Å²) in [6.45, 7) is 0. The van der Waals surface area contributed by atoms with Crippen LogP contribution in [0, 0.1) is 5.41 Å². The minimum Gasteiger partial charge on any atom is -0.304 e. The summed E-state index contributed by atoms with van der Waals surface area (Å²) in [5.41, 5.74) is 1.29. The molecule has 0 saturated heterocycles. The van der Waals surface area contributed by atoms with Crippen LogP contribution in [0.25, 0.3) is 10.8 Å². The van der Waals surface area contributed by atoms with Crippen molar-refractivity contribution in [1.82, 2.24) is 0 Å². The Labute approximate surface area is 97.3 Å². The van der Waals surface area contributed by atoms with Crippen molar-refractivity contribution in [2.75, 3.05) is 12.0 Å². The Morgan fingerprint density at radius 3 is 2.56 bits per heavy atom. The third kappa shape index (κ3) is 2.36. The van der Waals surface area contributed by atoms with Crippen molar-refractivity contribution < 1.29 is 4.21 Å². The van der Waals surface area contributed by atoms with Gasteiger partial charge in [0.1, 0.15) is 0 Å². The maximum atomic E-state index is 11.1. The summed E-state index contributed by atoms with van der Waals surface area (Å²) in [7, 11) is -0.954. The minimum absolute atomic E-state index is 0.318. The van der Waals surface area contributed by atoms with Gasteiger partial charge in [0.15, 0.2) is 0 Å². The topological polar surface area (TPSA) is 40.9 Å². The number of hydrogen-bond donors (Lipinski definition) is 1. The van der Waals surface area contributed by atoms with Crippen LogP contribution in [0.3, 0.4) is 0 Å². The molecule has 16 heavy (non-hydrogen) atoms. The summed E-state index contributed by atoms with van der Waals surface area (Å²) >= 11 is 0. The van der Waals surface area contributed by atoms with Crippen LogP contribution in [-0.2, 0) is 10.8 Å². The zero-order valence-electron chi connectivity index (χ0n) is 9.07. The van der Waals surface area contributed by atoms with Crippen molar-refractivity contribution in [3.05, 3.63) is 48.0 Å². The molecule has 0 bridgehead atoms. The molecule has 0 heterocycles. The summed E-state index contributed by atoms with van der Waals surface area (Å²) in [5.74, 6) is 0.318. The van der Waals surface area contributed by atoms with Gasteiger partial charge in [0.2, 0.25) is 0 Å². The Kier molecular flexibility index (Phi) is 3.15. The lowest BCUT2D eigenvalue weighted by Crippen LogP contribution is -2.09. The van der Waals surface area contributed by atoms with Gasteiger partial charge in [-0.15, -0.1) is 0 Å². The molecule has 0 aromatic heterocycles. The number of fused-ring (bicyclic) bond motifs is 1. The second-order valence-electron chi connectivity index (χ2n) is 3.76. The van der Waals surface area contributed by atoms with Gasteiger partial charge < -0.3 is 5.41 Å². The van der Waals surface area contributed by atoms with E-state index >= 15 is 0 Å². The van der Waals surface area contributed by atoms with Gasteiger partial charge in [-0.05, 0) is 22.4 Å². The summed E-state index contributed by atoms with van der Waals surface area (Å²) < 4.78 is 11.1. The van der Waals surface area contributed by atoms with Crippen LogP contribution in [0.2, 0.25) is 0 Å². The quantitative estimate of drug-likeness (QED) is 0.810. The van der Waals surface area contributed by atoms with Crippen molar-refractivity contribution in [3.63, 3.8) is 0 Å².